The van der Waals surface area contributed by atoms with Crippen molar-refractivity contribution < 1.29 is 45.7 Å². The zero-order chi connectivity index (χ0) is 19.1. The number of nitrogens with two attached hydrogens (primary N) is 1. The van der Waals surface area contributed by atoms with E-state index >= 15 is 0 Å². The number of benzene rings is 1. The van der Waals surface area contributed by atoms with Crippen molar-refractivity contribution in [3.8, 4) is 5.75 Å². The number of hydrogen-bond donors (Lipinski definition) is 2. The van der Waals surface area contributed by atoms with E-state index in [1.165, 1.54) is 13.2 Å². The Hall–Kier alpha value is -2.49. The molecule has 25 heavy (non-hydrogen) atoms. The Balaban J connectivity index is -0.000000626. The van der Waals surface area contributed by atoms with Crippen LogP contribution in [0.2, 0.25) is 0 Å². The molecule has 0 spiro atoms. The van der Waals surface area contributed by atoms with Crippen LogP contribution in [0.1, 0.15) is 28.3 Å². The summed E-state index contributed by atoms with van der Waals surface area (Å²) >= 11 is 0. The maximum absolute atomic E-state index is 11.5. The Kier molecular flexibility index (Phi) is 17.9. The summed E-state index contributed by atoms with van der Waals surface area (Å²) in [6, 6.07) is 3.00. The van der Waals surface area contributed by atoms with Gasteiger partial charge in [0.15, 0.2) is 0 Å². The number of phenolic OH excluding ortho intramolecular Hbond substituents is 1. The summed E-state index contributed by atoms with van der Waals surface area (Å²) < 4.78 is 27.1. The molecule has 132 valence electrons. The molecule has 3 N–H and O–H groups in total. The van der Waals surface area contributed by atoms with E-state index < -0.39 is 5.97 Å². The zero-order valence-electron chi connectivity index (χ0n) is 13.2. The molecule has 1 atom stereocenters. The molecular weight excluding hydrogens is 370 g/mol. The van der Waals surface area contributed by atoms with Gasteiger partial charge in [-0.05, 0) is 18.1 Å². The van der Waals surface area contributed by atoms with Crippen molar-refractivity contribution in [2.75, 3.05) is 12.8 Å². The van der Waals surface area contributed by atoms with Crippen molar-refractivity contribution in [1.29, 1.82) is 0 Å². The second kappa shape index (κ2) is 16.4. The monoisotopic (exact) mass is 385 g/mol. The van der Waals surface area contributed by atoms with Gasteiger partial charge in [-0.1, -0.05) is 24.3 Å². The number of aromatic hydroxyl groups is 1. The molecule has 0 saturated heterocycles. The Morgan fingerprint density at radius 3 is 2.20 bits per heavy atom. The van der Waals surface area contributed by atoms with Gasteiger partial charge in [0.05, 0.1) is 7.11 Å². The van der Waals surface area contributed by atoms with E-state index in [1.807, 2.05) is 24.3 Å². The zero-order valence-corrected chi connectivity index (χ0v) is 14.3. The van der Waals surface area contributed by atoms with Crippen LogP contribution in [0, 0.1) is 20.0 Å². The largest absolute Gasteiger partial charge is 0 e. The van der Waals surface area contributed by atoms with E-state index in [0.29, 0.717) is 5.69 Å². The number of methoxy groups -OCH3 is 1. The fourth-order valence-electron chi connectivity index (χ4n) is 2.03. The molecule has 0 bridgehead atoms. The third-order valence-corrected chi connectivity index (χ3v) is 2.99. The maximum atomic E-state index is 11.5. The molecule has 0 heterocycles. The number of carbonyl (C=O) groups excluding carboxylic acids is 1. The van der Waals surface area contributed by atoms with Crippen molar-refractivity contribution in [1.82, 2.24) is 0 Å². The molecule has 0 radical (unpaired) electrons. The first-order valence-electron chi connectivity index (χ1n) is 6.28. The first kappa shape index (κ1) is 27.4. The Morgan fingerprint density at radius 1 is 1.20 bits per heavy atom. The van der Waals surface area contributed by atoms with E-state index in [4.69, 9.17) is 19.7 Å². The summed E-state index contributed by atoms with van der Waals surface area (Å²) in [5.41, 5.74) is 7.34. The molecule has 8 heteroatoms. The summed E-state index contributed by atoms with van der Waals surface area (Å²) in [5, 5.41) is 9.70. The second-order valence-electron chi connectivity index (χ2n) is 4.15. The number of esters is 1. The summed E-state index contributed by atoms with van der Waals surface area (Å²) in [5.74, 6) is -0.596. The number of carbonyl (C=O) groups is 1. The molecule has 0 aromatic heterocycles. The smallest absolute Gasteiger partial charge is 0 e. The van der Waals surface area contributed by atoms with Crippen molar-refractivity contribution >= 4 is 11.7 Å². The fraction of sp³-hybridized carbons (Fsp3) is 0.176. The summed E-state index contributed by atoms with van der Waals surface area (Å²) in [6.07, 6.45) is 8.79. The molecular formula is C17H15FeNO6. The predicted octanol–water partition coefficient (Wildman–Crippen LogP) is 2.25. The first-order chi connectivity index (χ1) is 11.6. The minimum atomic E-state index is -0.566. The van der Waals surface area contributed by atoms with Gasteiger partial charge in [-0.25, -0.2) is 4.79 Å². The van der Waals surface area contributed by atoms with Gasteiger partial charge in [0.25, 0.3) is 0 Å². The number of anilines is 1. The predicted molar refractivity (Wildman–Crippen MR) is 81.3 cm³/mol. The normalized spacial score (nSPS) is 13.0. The van der Waals surface area contributed by atoms with Crippen molar-refractivity contribution in [3.05, 3.63) is 67.5 Å². The van der Waals surface area contributed by atoms with Crippen LogP contribution in [0.15, 0.2) is 36.4 Å². The molecule has 1 aliphatic rings. The average Bonchev–Trinajstić information content (AvgIpc) is 2.67. The molecule has 1 aromatic rings. The van der Waals surface area contributed by atoms with Gasteiger partial charge in [0.2, 0.25) is 0 Å². The van der Waals surface area contributed by atoms with Crippen LogP contribution in [0.3, 0.4) is 0 Å². The van der Waals surface area contributed by atoms with E-state index in [9.17, 15) is 9.90 Å². The molecule has 0 saturated carbocycles. The van der Waals surface area contributed by atoms with Gasteiger partial charge in [-0.2, -0.15) is 0 Å². The molecule has 0 amide bonds. The van der Waals surface area contributed by atoms with Crippen LogP contribution >= 0.6 is 0 Å². The minimum Gasteiger partial charge on any atom is 0 e. The van der Waals surface area contributed by atoms with Crippen LogP contribution in [-0.2, 0) is 35.8 Å². The van der Waals surface area contributed by atoms with Crippen LogP contribution in [0.25, 0.3) is 0 Å². The number of phenols is 1. The van der Waals surface area contributed by atoms with E-state index in [0.717, 1.165) is 12.0 Å². The standard InChI is InChI=1S/C14H15NO3.3CO.Fe/c1-18-14(17)11-7-10(12(15)8-13(11)16)9-5-3-2-4-6-9;3*1-2;/h2-5,7-9,16H,6,15H2,1H3;;;;. The van der Waals surface area contributed by atoms with Crippen molar-refractivity contribution in [2.45, 2.75) is 12.3 Å². The summed E-state index contributed by atoms with van der Waals surface area (Å²) in [7, 11) is 1.28. The fourth-order valence-corrected chi connectivity index (χ4v) is 2.03. The van der Waals surface area contributed by atoms with E-state index in [-0.39, 0.29) is 34.3 Å². The van der Waals surface area contributed by atoms with Crippen molar-refractivity contribution in [3.63, 3.8) is 0 Å². The van der Waals surface area contributed by atoms with Crippen LogP contribution in [0.5, 0.6) is 5.75 Å². The van der Waals surface area contributed by atoms with Gasteiger partial charge in [0.1, 0.15) is 11.3 Å². The van der Waals surface area contributed by atoms with Gasteiger partial charge < -0.3 is 15.6 Å². The number of ether oxygens (including phenoxy) is 1. The summed E-state index contributed by atoms with van der Waals surface area (Å²) in [4.78, 5) is 11.5. The molecule has 0 fully saturated rings. The number of nitrogen functional groups attached to an aromatic ring is 1. The Bertz CT molecular complexity index is 647. The summed E-state index contributed by atoms with van der Waals surface area (Å²) in [6.45, 7) is 13.5. The second-order valence-corrected chi connectivity index (χ2v) is 4.15. The van der Waals surface area contributed by atoms with Gasteiger partial charge >= 0.3 is 39.9 Å². The number of hydrogen-bond acceptors (Lipinski definition) is 4. The third kappa shape index (κ3) is 8.25. The molecule has 1 unspecified atom stereocenters. The third-order valence-electron chi connectivity index (χ3n) is 2.99. The van der Waals surface area contributed by atoms with Gasteiger partial charge in [0, 0.05) is 34.7 Å². The van der Waals surface area contributed by atoms with Crippen molar-refractivity contribution in [2.24, 2.45) is 0 Å². The van der Waals surface area contributed by atoms with E-state index in [1.54, 1.807) is 6.07 Å². The quantitative estimate of drug-likeness (QED) is 0.266. The molecule has 1 aromatic carbocycles. The maximum Gasteiger partial charge on any atom is 0 e. The van der Waals surface area contributed by atoms with Crippen LogP contribution in [-0.4, -0.2) is 18.2 Å². The molecule has 0 aliphatic heterocycles. The minimum absolute atomic E-state index is 0. The topological polar surface area (TPSA) is 132 Å². The number of allylic oxidation sites excluding steroid dienone is 4. The molecule has 1 aliphatic carbocycles. The number of rotatable bonds is 2. The van der Waals surface area contributed by atoms with Crippen LogP contribution < -0.4 is 5.73 Å². The molecule has 7 nitrogen and oxygen atoms in total. The SMILES string of the molecule is COC(=O)c1cc(C2C=CC=CC2)c(N)cc1O.[C-]#[O+].[C-]#[O+].[C-]#[O+].[Fe]. The molecule has 2 rings (SSSR count). The first-order valence-corrected chi connectivity index (χ1v) is 6.28. The van der Waals surface area contributed by atoms with E-state index in [2.05, 4.69) is 24.7 Å². The Morgan fingerprint density at radius 2 is 1.76 bits per heavy atom. The van der Waals surface area contributed by atoms with Gasteiger partial charge in [-0.15, -0.1) is 0 Å². The Labute approximate surface area is 156 Å². The van der Waals surface area contributed by atoms with Crippen LogP contribution in [0.4, 0.5) is 5.69 Å². The van der Waals surface area contributed by atoms with Gasteiger partial charge in [-0.3, -0.25) is 0 Å². The average molecular weight is 385 g/mol.